The van der Waals surface area contributed by atoms with Gasteiger partial charge in [-0.2, -0.15) is 10.2 Å². The molecule has 0 aliphatic heterocycles. The van der Waals surface area contributed by atoms with Crippen molar-refractivity contribution in [2.75, 3.05) is 17.2 Å². The van der Waals surface area contributed by atoms with E-state index in [1.165, 1.54) is 0 Å². The molecule has 20 heavy (non-hydrogen) atoms. The van der Waals surface area contributed by atoms with Crippen molar-refractivity contribution in [3.05, 3.63) is 54.2 Å². The summed E-state index contributed by atoms with van der Waals surface area (Å²) in [5.41, 5.74) is 2.13. The number of hydrogen-bond acceptors (Lipinski definition) is 5. The summed E-state index contributed by atoms with van der Waals surface area (Å²) < 4.78 is 0. The Morgan fingerprint density at radius 3 is 2.90 bits per heavy atom. The Bertz CT molecular complexity index is 658. The van der Waals surface area contributed by atoms with Crippen LogP contribution in [0.5, 0.6) is 0 Å². The highest BCUT2D eigenvalue weighted by atomic mass is 15.1. The first-order valence-corrected chi connectivity index (χ1v) is 6.19. The summed E-state index contributed by atoms with van der Waals surface area (Å²) in [4.78, 5) is 8.63. The van der Waals surface area contributed by atoms with E-state index in [1.807, 2.05) is 31.2 Å². The first-order valence-electron chi connectivity index (χ1n) is 6.19. The Morgan fingerprint density at radius 2 is 2.15 bits per heavy atom. The van der Waals surface area contributed by atoms with E-state index in [-0.39, 0.29) is 0 Å². The lowest BCUT2D eigenvalue weighted by Crippen LogP contribution is -2.06. The number of rotatable bonds is 5. The third-order valence-corrected chi connectivity index (χ3v) is 2.57. The number of nitrogens with one attached hydrogen (secondary N) is 2. The fourth-order valence-corrected chi connectivity index (χ4v) is 1.70. The summed E-state index contributed by atoms with van der Waals surface area (Å²) in [6.45, 7) is 6.13. The van der Waals surface area contributed by atoms with Gasteiger partial charge in [0.2, 0.25) is 5.95 Å². The minimum atomic E-state index is 0.529. The molecule has 0 amide bonds. The van der Waals surface area contributed by atoms with Crippen molar-refractivity contribution < 1.29 is 0 Å². The molecular weight excluding hydrogens is 250 g/mol. The first-order chi connectivity index (χ1) is 9.72. The van der Waals surface area contributed by atoms with E-state index in [1.54, 1.807) is 12.1 Å². The zero-order valence-corrected chi connectivity index (χ0v) is 11.2. The Labute approximate surface area is 118 Å². The van der Waals surface area contributed by atoms with E-state index in [9.17, 15) is 0 Å². The minimum Gasteiger partial charge on any atom is -0.351 e. The van der Waals surface area contributed by atoms with Crippen LogP contribution in [0.3, 0.4) is 0 Å². The Morgan fingerprint density at radius 1 is 1.35 bits per heavy atom. The van der Waals surface area contributed by atoms with E-state index in [4.69, 9.17) is 5.26 Å². The normalized spacial score (nSPS) is 9.60. The molecule has 2 aromatic rings. The van der Waals surface area contributed by atoms with Crippen LogP contribution in [-0.4, -0.2) is 16.5 Å². The molecular formula is C15H15N5. The largest absolute Gasteiger partial charge is 0.351 e. The third kappa shape index (κ3) is 3.33. The van der Waals surface area contributed by atoms with Crippen LogP contribution in [0.15, 0.2) is 43.0 Å². The van der Waals surface area contributed by atoms with Crippen molar-refractivity contribution >= 4 is 17.5 Å². The van der Waals surface area contributed by atoms with E-state index < -0.39 is 0 Å². The van der Waals surface area contributed by atoms with Gasteiger partial charge < -0.3 is 10.6 Å². The standard InChI is InChI=1S/C15H15N5/c1-3-8-17-15-18-11(2)9-14(20-15)19-13-7-5-4-6-12(13)10-16/h3-7,9H,1,8H2,2H3,(H2,17,18,19,20). The van der Waals surface area contributed by atoms with Gasteiger partial charge in [0, 0.05) is 18.3 Å². The molecule has 0 unspecified atom stereocenters. The van der Waals surface area contributed by atoms with Crippen molar-refractivity contribution in [1.29, 1.82) is 5.26 Å². The second-order valence-corrected chi connectivity index (χ2v) is 4.17. The Kier molecular flexibility index (Phi) is 4.30. The number of benzene rings is 1. The summed E-state index contributed by atoms with van der Waals surface area (Å²) in [5, 5.41) is 15.3. The second-order valence-electron chi connectivity index (χ2n) is 4.17. The lowest BCUT2D eigenvalue weighted by Gasteiger charge is -2.10. The van der Waals surface area contributed by atoms with Gasteiger partial charge in [-0.3, -0.25) is 0 Å². The molecule has 100 valence electrons. The maximum absolute atomic E-state index is 9.08. The number of aromatic nitrogens is 2. The molecule has 0 bridgehead atoms. The molecule has 0 saturated heterocycles. The fourth-order valence-electron chi connectivity index (χ4n) is 1.70. The molecule has 5 heteroatoms. The quantitative estimate of drug-likeness (QED) is 0.813. The zero-order chi connectivity index (χ0) is 14.4. The van der Waals surface area contributed by atoms with Gasteiger partial charge in [0.15, 0.2) is 0 Å². The van der Waals surface area contributed by atoms with Gasteiger partial charge in [-0.15, -0.1) is 6.58 Å². The van der Waals surface area contributed by atoms with E-state index in [0.717, 1.165) is 11.4 Å². The number of aryl methyl sites for hydroxylation is 1. The predicted molar refractivity (Wildman–Crippen MR) is 79.9 cm³/mol. The van der Waals surface area contributed by atoms with Gasteiger partial charge in [0.25, 0.3) is 0 Å². The second kappa shape index (κ2) is 6.34. The summed E-state index contributed by atoms with van der Waals surface area (Å²) in [7, 11) is 0. The van der Waals surface area contributed by atoms with Gasteiger partial charge in [0.05, 0.1) is 11.3 Å². The Balaban J connectivity index is 2.27. The third-order valence-electron chi connectivity index (χ3n) is 2.57. The van der Waals surface area contributed by atoms with Crippen LogP contribution in [-0.2, 0) is 0 Å². The van der Waals surface area contributed by atoms with E-state index >= 15 is 0 Å². The Hall–Kier alpha value is -2.87. The average Bonchev–Trinajstić information content (AvgIpc) is 2.45. The summed E-state index contributed by atoms with van der Waals surface area (Å²) in [6, 6.07) is 11.3. The van der Waals surface area contributed by atoms with Crippen molar-refractivity contribution in [3.8, 4) is 6.07 Å². The molecule has 1 aromatic carbocycles. The first kappa shape index (κ1) is 13.6. The molecule has 0 fully saturated rings. The number of para-hydroxylation sites is 1. The topological polar surface area (TPSA) is 73.6 Å². The number of anilines is 3. The fraction of sp³-hybridized carbons (Fsp3) is 0.133. The van der Waals surface area contributed by atoms with Crippen LogP contribution in [0.25, 0.3) is 0 Å². The van der Waals surface area contributed by atoms with Crippen LogP contribution < -0.4 is 10.6 Å². The van der Waals surface area contributed by atoms with Crippen LogP contribution in [0.4, 0.5) is 17.5 Å². The summed E-state index contributed by atoms with van der Waals surface area (Å²) in [5.74, 6) is 1.17. The van der Waals surface area contributed by atoms with Gasteiger partial charge in [-0.25, -0.2) is 4.98 Å². The van der Waals surface area contributed by atoms with Crippen LogP contribution in [0.1, 0.15) is 11.3 Å². The molecule has 2 N–H and O–H groups in total. The number of nitriles is 1. The highest BCUT2D eigenvalue weighted by Crippen LogP contribution is 2.20. The summed E-state index contributed by atoms with van der Waals surface area (Å²) >= 11 is 0. The van der Waals surface area contributed by atoms with Gasteiger partial charge >= 0.3 is 0 Å². The molecule has 1 heterocycles. The average molecular weight is 265 g/mol. The molecule has 0 radical (unpaired) electrons. The lowest BCUT2D eigenvalue weighted by molar-refractivity contribution is 1.08. The van der Waals surface area contributed by atoms with Crippen molar-refractivity contribution in [3.63, 3.8) is 0 Å². The molecule has 2 rings (SSSR count). The minimum absolute atomic E-state index is 0.529. The van der Waals surface area contributed by atoms with Crippen molar-refractivity contribution in [2.24, 2.45) is 0 Å². The van der Waals surface area contributed by atoms with Crippen molar-refractivity contribution in [2.45, 2.75) is 6.92 Å². The zero-order valence-electron chi connectivity index (χ0n) is 11.2. The van der Waals surface area contributed by atoms with Crippen LogP contribution in [0.2, 0.25) is 0 Å². The van der Waals surface area contributed by atoms with Crippen molar-refractivity contribution in [1.82, 2.24) is 9.97 Å². The maximum atomic E-state index is 9.08. The highest BCUT2D eigenvalue weighted by molar-refractivity contribution is 5.65. The van der Waals surface area contributed by atoms with E-state index in [0.29, 0.717) is 23.9 Å². The smallest absolute Gasteiger partial charge is 0.225 e. The monoisotopic (exact) mass is 265 g/mol. The lowest BCUT2D eigenvalue weighted by atomic mass is 10.2. The molecule has 0 aliphatic carbocycles. The molecule has 0 aliphatic rings. The number of nitrogens with zero attached hydrogens (tertiary/aromatic N) is 3. The predicted octanol–water partition coefficient (Wildman–Crippen LogP) is 3.00. The molecule has 0 spiro atoms. The molecule has 1 aromatic heterocycles. The number of hydrogen-bond donors (Lipinski definition) is 2. The van der Waals surface area contributed by atoms with Gasteiger partial charge in [-0.1, -0.05) is 18.2 Å². The SMILES string of the molecule is C=CCNc1nc(C)cc(Nc2ccccc2C#N)n1. The van der Waals surface area contributed by atoms with Crippen LogP contribution >= 0.6 is 0 Å². The maximum Gasteiger partial charge on any atom is 0.225 e. The summed E-state index contributed by atoms with van der Waals surface area (Å²) in [6.07, 6.45) is 1.74. The molecule has 5 nitrogen and oxygen atoms in total. The van der Waals surface area contributed by atoms with Gasteiger partial charge in [-0.05, 0) is 19.1 Å². The molecule has 0 atom stereocenters. The van der Waals surface area contributed by atoms with E-state index in [2.05, 4.69) is 33.2 Å². The van der Waals surface area contributed by atoms with Crippen LogP contribution in [0, 0.1) is 18.3 Å². The highest BCUT2D eigenvalue weighted by Gasteiger charge is 2.05. The molecule has 0 saturated carbocycles. The van der Waals surface area contributed by atoms with Gasteiger partial charge in [0.1, 0.15) is 11.9 Å².